The third-order valence-electron chi connectivity index (χ3n) is 2.47. The molecule has 0 saturated carbocycles. The van der Waals surface area contributed by atoms with Crippen LogP contribution in [-0.2, 0) is 0 Å². The maximum absolute atomic E-state index is 13.0. The van der Waals surface area contributed by atoms with Crippen LogP contribution in [-0.4, -0.2) is 6.18 Å². The highest BCUT2D eigenvalue weighted by molar-refractivity contribution is 5.61. The van der Waals surface area contributed by atoms with E-state index in [1.165, 1.54) is 0 Å². The summed E-state index contributed by atoms with van der Waals surface area (Å²) in [6, 6.07) is 16.7. The smallest absolute Gasteiger partial charge is 0.352 e. The molecule has 4 heteroatoms. The van der Waals surface area contributed by atoms with Crippen LogP contribution in [0.15, 0.2) is 66.4 Å². The minimum Gasteiger partial charge on any atom is -0.352 e. The number of para-hydroxylation sites is 1. The van der Waals surface area contributed by atoms with E-state index < -0.39 is 11.9 Å². The minimum absolute atomic E-state index is 0.405. The van der Waals surface area contributed by atoms with Crippen LogP contribution in [0.2, 0.25) is 0 Å². The molecule has 0 aliphatic rings. The third kappa shape index (κ3) is 3.88. The maximum atomic E-state index is 13.0. The van der Waals surface area contributed by atoms with Gasteiger partial charge in [-0.2, -0.15) is 13.2 Å². The van der Waals surface area contributed by atoms with Crippen molar-refractivity contribution in [2.75, 3.05) is 5.32 Å². The maximum Gasteiger partial charge on any atom is 0.431 e. The van der Waals surface area contributed by atoms with Crippen LogP contribution in [0.25, 0.3) is 6.08 Å². The molecular formula is C15H12F3N. The molecule has 0 fully saturated rings. The standard InChI is InChI=1S/C15H12F3N/c16-15(17,18)14(11-12-7-3-1-4-8-12)19-13-9-5-2-6-10-13/h1-11,19H. The molecule has 0 amide bonds. The Morgan fingerprint density at radius 2 is 1.37 bits per heavy atom. The van der Waals surface area contributed by atoms with Gasteiger partial charge < -0.3 is 5.32 Å². The quantitative estimate of drug-likeness (QED) is 0.846. The van der Waals surface area contributed by atoms with E-state index >= 15 is 0 Å². The highest BCUT2D eigenvalue weighted by Crippen LogP contribution is 2.28. The van der Waals surface area contributed by atoms with E-state index in [-0.39, 0.29) is 0 Å². The zero-order valence-corrected chi connectivity index (χ0v) is 9.98. The normalized spacial score (nSPS) is 12.3. The fraction of sp³-hybridized carbons (Fsp3) is 0.0667. The van der Waals surface area contributed by atoms with Crippen molar-refractivity contribution in [2.24, 2.45) is 0 Å². The Morgan fingerprint density at radius 1 is 0.842 bits per heavy atom. The summed E-state index contributed by atoms with van der Waals surface area (Å²) in [7, 11) is 0. The van der Waals surface area contributed by atoms with Gasteiger partial charge in [-0.3, -0.25) is 0 Å². The van der Waals surface area contributed by atoms with Crippen molar-refractivity contribution < 1.29 is 13.2 Å². The molecular weight excluding hydrogens is 251 g/mol. The lowest BCUT2D eigenvalue weighted by atomic mass is 10.2. The number of rotatable bonds is 3. The number of allylic oxidation sites excluding steroid dienone is 1. The van der Waals surface area contributed by atoms with Crippen LogP contribution in [0.4, 0.5) is 18.9 Å². The molecule has 2 aromatic rings. The van der Waals surface area contributed by atoms with Crippen molar-refractivity contribution in [3.05, 3.63) is 71.9 Å². The predicted molar refractivity (Wildman–Crippen MR) is 70.5 cm³/mol. The lowest BCUT2D eigenvalue weighted by molar-refractivity contribution is -0.0893. The average Bonchev–Trinajstić information content (AvgIpc) is 2.39. The van der Waals surface area contributed by atoms with Gasteiger partial charge in [-0.1, -0.05) is 48.5 Å². The van der Waals surface area contributed by atoms with Crippen LogP contribution in [0.5, 0.6) is 0 Å². The van der Waals surface area contributed by atoms with E-state index in [9.17, 15) is 13.2 Å². The van der Waals surface area contributed by atoms with Gasteiger partial charge in [0.1, 0.15) is 5.70 Å². The van der Waals surface area contributed by atoms with Gasteiger partial charge in [-0.25, -0.2) is 0 Å². The molecule has 0 heterocycles. The van der Waals surface area contributed by atoms with E-state index in [1.54, 1.807) is 60.7 Å². The minimum atomic E-state index is -4.42. The molecule has 2 aromatic carbocycles. The summed E-state index contributed by atoms with van der Waals surface area (Å²) < 4.78 is 38.9. The molecule has 2 rings (SSSR count). The predicted octanol–water partition coefficient (Wildman–Crippen LogP) is 4.70. The Labute approximate surface area is 109 Å². The molecule has 0 aliphatic heterocycles. The molecule has 0 unspecified atom stereocenters. The van der Waals surface area contributed by atoms with Crippen molar-refractivity contribution >= 4 is 11.8 Å². The Bertz CT molecular complexity index is 545. The first-order chi connectivity index (χ1) is 9.05. The summed E-state index contributed by atoms with van der Waals surface area (Å²) in [4.78, 5) is 0. The molecule has 1 N–H and O–H groups in total. The summed E-state index contributed by atoms with van der Waals surface area (Å²) in [5.41, 5.74) is 0.116. The lowest BCUT2D eigenvalue weighted by Crippen LogP contribution is -2.18. The van der Waals surface area contributed by atoms with Crippen LogP contribution >= 0.6 is 0 Å². The van der Waals surface area contributed by atoms with Gasteiger partial charge in [0.2, 0.25) is 0 Å². The van der Waals surface area contributed by atoms with Crippen LogP contribution in [0.1, 0.15) is 5.56 Å². The van der Waals surface area contributed by atoms with Crippen molar-refractivity contribution in [1.29, 1.82) is 0 Å². The largest absolute Gasteiger partial charge is 0.431 e. The Kier molecular flexibility index (Phi) is 3.90. The number of hydrogen-bond acceptors (Lipinski definition) is 1. The molecule has 0 aliphatic carbocycles. The summed E-state index contributed by atoms with van der Waals surface area (Å²) in [5.74, 6) is 0. The third-order valence-corrected chi connectivity index (χ3v) is 2.47. The molecule has 0 bridgehead atoms. The summed E-state index contributed by atoms with van der Waals surface area (Å²) in [6.45, 7) is 0. The number of benzene rings is 2. The highest BCUT2D eigenvalue weighted by atomic mass is 19.4. The van der Waals surface area contributed by atoms with Gasteiger partial charge in [0.25, 0.3) is 0 Å². The second-order valence-electron chi connectivity index (χ2n) is 3.96. The number of nitrogens with one attached hydrogen (secondary N) is 1. The van der Waals surface area contributed by atoms with Gasteiger partial charge in [0.15, 0.2) is 0 Å². The number of alkyl halides is 3. The molecule has 19 heavy (non-hydrogen) atoms. The average molecular weight is 263 g/mol. The second kappa shape index (κ2) is 5.61. The van der Waals surface area contributed by atoms with Crippen LogP contribution < -0.4 is 5.32 Å². The van der Waals surface area contributed by atoms with Crippen LogP contribution in [0.3, 0.4) is 0 Å². The van der Waals surface area contributed by atoms with Crippen LogP contribution in [0, 0.1) is 0 Å². The first kappa shape index (κ1) is 13.2. The van der Waals surface area contributed by atoms with E-state index in [0.29, 0.717) is 11.3 Å². The summed E-state index contributed by atoms with van der Waals surface area (Å²) >= 11 is 0. The van der Waals surface area contributed by atoms with E-state index in [4.69, 9.17) is 0 Å². The van der Waals surface area contributed by atoms with Gasteiger partial charge in [0.05, 0.1) is 0 Å². The molecule has 0 saturated heterocycles. The van der Waals surface area contributed by atoms with Crippen molar-refractivity contribution in [1.82, 2.24) is 0 Å². The number of anilines is 1. The molecule has 98 valence electrons. The Balaban J connectivity index is 2.30. The van der Waals surface area contributed by atoms with E-state index in [2.05, 4.69) is 5.32 Å². The first-order valence-corrected chi connectivity index (χ1v) is 5.72. The van der Waals surface area contributed by atoms with E-state index in [0.717, 1.165) is 6.08 Å². The highest BCUT2D eigenvalue weighted by Gasteiger charge is 2.33. The van der Waals surface area contributed by atoms with Crippen molar-refractivity contribution in [3.8, 4) is 0 Å². The Morgan fingerprint density at radius 3 is 1.89 bits per heavy atom. The zero-order chi connectivity index (χ0) is 13.7. The lowest BCUT2D eigenvalue weighted by Gasteiger charge is -2.14. The molecule has 0 spiro atoms. The SMILES string of the molecule is FC(F)(F)C(=Cc1ccccc1)Nc1ccccc1. The number of halogens is 3. The second-order valence-corrected chi connectivity index (χ2v) is 3.96. The fourth-order valence-corrected chi connectivity index (χ4v) is 1.58. The number of hydrogen-bond donors (Lipinski definition) is 1. The zero-order valence-electron chi connectivity index (χ0n) is 9.98. The van der Waals surface area contributed by atoms with Gasteiger partial charge in [0, 0.05) is 5.69 Å². The topological polar surface area (TPSA) is 12.0 Å². The first-order valence-electron chi connectivity index (χ1n) is 5.72. The molecule has 0 atom stereocenters. The van der Waals surface area contributed by atoms with E-state index in [1.807, 2.05) is 0 Å². The van der Waals surface area contributed by atoms with Crippen molar-refractivity contribution in [3.63, 3.8) is 0 Å². The van der Waals surface area contributed by atoms with Gasteiger partial charge in [-0.05, 0) is 23.8 Å². The van der Waals surface area contributed by atoms with Gasteiger partial charge in [-0.15, -0.1) is 0 Å². The molecule has 0 radical (unpaired) electrons. The monoisotopic (exact) mass is 263 g/mol. The molecule has 0 aromatic heterocycles. The molecule has 1 nitrogen and oxygen atoms in total. The fourth-order valence-electron chi connectivity index (χ4n) is 1.58. The Hall–Kier alpha value is -2.23. The van der Waals surface area contributed by atoms with Gasteiger partial charge >= 0.3 is 6.18 Å². The van der Waals surface area contributed by atoms with Crippen molar-refractivity contribution in [2.45, 2.75) is 6.18 Å². The summed E-state index contributed by atoms with van der Waals surface area (Å²) in [5, 5.41) is 2.40. The summed E-state index contributed by atoms with van der Waals surface area (Å²) in [6.07, 6.45) is -3.33.